The summed E-state index contributed by atoms with van der Waals surface area (Å²) in [6.07, 6.45) is 0. The highest BCUT2D eigenvalue weighted by molar-refractivity contribution is 5.32. The van der Waals surface area contributed by atoms with Crippen molar-refractivity contribution in [2.75, 3.05) is 13.7 Å². The van der Waals surface area contributed by atoms with Crippen LogP contribution in [0.2, 0.25) is 0 Å². The molecule has 0 saturated carbocycles. The van der Waals surface area contributed by atoms with Gasteiger partial charge >= 0.3 is 0 Å². The molecular weight excluding hydrogens is 223 g/mol. The topological polar surface area (TPSA) is 55.5 Å². The Hall–Kier alpha value is -1.27. The van der Waals surface area contributed by atoms with Gasteiger partial charge in [-0.05, 0) is 18.2 Å². The highest BCUT2D eigenvalue weighted by Gasteiger charge is 2.38. The normalized spacial score (nSPS) is 13.6. The molecule has 0 heterocycles. The summed E-state index contributed by atoms with van der Waals surface area (Å²) in [4.78, 5) is 0. The minimum atomic E-state index is -3.58. The van der Waals surface area contributed by atoms with E-state index in [-0.39, 0.29) is 5.75 Å². The van der Waals surface area contributed by atoms with Crippen LogP contribution in [0.25, 0.3) is 0 Å². The Kier molecular flexibility index (Phi) is 3.77. The number of benzene rings is 1. The van der Waals surface area contributed by atoms with Gasteiger partial charge < -0.3 is 15.6 Å². The number of hydrogen-bond acceptors (Lipinski definition) is 3. The predicted octanol–water partition coefficient (Wildman–Crippen LogP) is 1.46. The number of rotatable bonds is 4. The average molecular weight is 235 g/mol. The molecule has 1 aromatic rings. The molecule has 0 aromatic heterocycles. The van der Waals surface area contributed by atoms with Crippen LogP contribution in [0.4, 0.5) is 13.2 Å². The molecule has 1 aromatic carbocycles. The van der Waals surface area contributed by atoms with Crippen molar-refractivity contribution in [2.24, 2.45) is 5.73 Å². The van der Waals surface area contributed by atoms with E-state index in [1.54, 1.807) is 0 Å². The van der Waals surface area contributed by atoms with E-state index in [4.69, 9.17) is 15.6 Å². The number of methoxy groups -OCH3 is 1. The molecule has 16 heavy (non-hydrogen) atoms. The van der Waals surface area contributed by atoms with Crippen LogP contribution < -0.4 is 10.5 Å². The lowest BCUT2D eigenvalue weighted by Crippen LogP contribution is -2.36. The molecule has 3 N–H and O–H groups in total. The van der Waals surface area contributed by atoms with E-state index in [2.05, 4.69) is 0 Å². The summed E-state index contributed by atoms with van der Waals surface area (Å²) < 4.78 is 44.2. The molecule has 0 spiro atoms. The van der Waals surface area contributed by atoms with E-state index in [1.807, 2.05) is 0 Å². The second-order valence-electron chi connectivity index (χ2n) is 3.28. The van der Waals surface area contributed by atoms with E-state index in [9.17, 15) is 13.2 Å². The van der Waals surface area contributed by atoms with E-state index in [0.29, 0.717) is 0 Å². The van der Waals surface area contributed by atoms with Crippen molar-refractivity contribution in [1.29, 1.82) is 0 Å². The van der Waals surface area contributed by atoms with Crippen LogP contribution >= 0.6 is 0 Å². The summed E-state index contributed by atoms with van der Waals surface area (Å²) in [7, 11) is 1.33. The summed E-state index contributed by atoms with van der Waals surface area (Å²) >= 11 is 0. The van der Waals surface area contributed by atoms with Gasteiger partial charge in [-0.15, -0.1) is 0 Å². The second kappa shape index (κ2) is 4.71. The third-order valence-corrected chi connectivity index (χ3v) is 2.20. The van der Waals surface area contributed by atoms with Gasteiger partial charge in [-0.2, -0.15) is 0 Å². The van der Waals surface area contributed by atoms with Gasteiger partial charge in [0.05, 0.1) is 13.2 Å². The maximum Gasteiger partial charge on any atom is 0.289 e. The van der Waals surface area contributed by atoms with Crippen LogP contribution in [0, 0.1) is 5.82 Å². The van der Waals surface area contributed by atoms with E-state index >= 15 is 0 Å². The lowest BCUT2D eigenvalue weighted by atomic mass is 10.0. The van der Waals surface area contributed by atoms with Crippen molar-refractivity contribution in [3.63, 3.8) is 0 Å². The summed E-state index contributed by atoms with van der Waals surface area (Å²) in [6, 6.07) is 1.46. The van der Waals surface area contributed by atoms with Gasteiger partial charge in [0.1, 0.15) is 18.2 Å². The Balaban J connectivity index is 3.11. The molecule has 0 radical (unpaired) electrons. The maximum absolute atomic E-state index is 13.3. The van der Waals surface area contributed by atoms with Gasteiger partial charge in [-0.1, -0.05) is 0 Å². The van der Waals surface area contributed by atoms with E-state index in [1.165, 1.54) is 13.2 Å². The minimum Gasteiger partial charge on any atom is -0.497 e. The SMILES string of the molecule is COc1ccc(F)c([C@H](N)C(F)(F)CO)c1. The monoisotopic (exact) mass is 235 g/mol. The highest BCUT2D eigenvalue weighted by atomic mass is 19.3. The summed E-state index contributed by atoms with van der Waals surface area (Å²) in [5, 5.41) is 8.46. The van der Waals surface area contributed by atoms with Crippen molar-refractivity contribution in [1.82, 2.24) is 0 Å². The first-order valence-corrected chi connectivity index (χ1v) is 4.50. The fourth-order valence-corrected chi connectivity index (χ4v) is 1.21. The molecule has 0 aliphatic heterocycles. The van der Waals surface area contributed by atoms with E-state index in [0.717, 1.165) is 12.1 Å². The molecule has 1 rings (SSSR count). The Bertz CT molecular complexity index is 371. The second-order valence-corrected chi connectivity index (χ2v) is 3.28. The molecule has 0 bridgehead atoms. The van der Waals surface area contributed by atoms with Crippen molar-refractivity contribution < 1.29 is 23.0 Å². The Labute approximate surface area is 90.6 Å². The molecule has 0 unspecified atom stereocenters. The standard InChI is InChI=1S/C10H12F3NO2/c1-16-6-2-3-8(11)7(4-6)9(14)10(12,13)5-15/h2-4,9,15H,5,14H2,1H3/t9-/m0/s1. The number of aliphatic hydroxyl groups is 1. The molecule has 6 heteroatoms. The van der Waals surface area contributed by atoms with E-state index < -0.39 is 30.0 Å². The van der Waals surface area contributed by atoms with Crippen LogP contribution in [0.3, 0.4) is 0 Å². The molecule has 0 aliphatic carbocycles. The highest BCUT2D eigenvalue weighted by Crippen LogP contribution is 2.32. The van der Waals surface area contributed by atoms with Crippen LogP contribution in [-0.2, 0) is 0 Å². The van der Waals surface area contributed by atoms with Crippen LogP contribution in [0.15, 0.2) is 18.2 Å². The van der Waals surface area contributed by atoms with Crippen molar-refractivity contribution in [3.8, 4) is 5.75 Å². The molecule has 1 atom stereocenters. The minimum absolute atomic E-state index is 0.223. The number of halogens is 3. The third-order valence-electron chi connectivity index (χ3n) is 2.20. The first-order valence-electron chi connectivity index (χ1n) is 4.50. The average Bonchev–Trinajstić information content (AvgIpc) is 2.29. The first-order chi connectivity index (χ1) is 7.42. The van der Waals surface area contributed by atoms with Crippen molar-refractivity contribution >= 4 is 0 Å². The number of ether oxygens (including phenoxy) is 1. The molecule has 0 fully saturated rings. The quantitative estimate of drug-likeness (QED) is 0.830. The zero-order valence-corrected chi connectivity index (χ0v) is 8.58. The summed E-state index contributed by atoms with van der Waals surface area (Å²) in [5.74, 6) is -4.21. The van der Waals surface area contributed by atoms with Gasteiger partial charge in [-0.3, -0.25) is 0 Å². The van der Waals surface area contributed by atoms with Crippen molar-refractivity contribution in [3.05, 3.63) is 29.6 Å². The smallest absolute Gasteiger partial charge is 0.289 e. The zero-order valence-electron chi connectivity index (χ0n) is 8.58. The molecule has 0 aliphatic rings. The number of alkyl halides is 2. The van der Waals surface area contributed by atoms with Gasteiger partial charge in [-0.25, -0.2) is 13.2 Å². The predicted molar refractivity (Wildman–Crippen MR) is 51.9 cm³/mol. The number of aliphatic hydroxyl groups excluding tert-OH is 1. The third kappa shape index (κ3) is 2.45. The summed E-state index contributed by atoms with van der Waals surface area (Å²) in [5.41, 5.74) is 4.81. The number of nitrogens with two attached hydrogens (primary N) is 1. The number of hydrogen-bond donors (Lipinski definition) is 2. The largest absolute Gasteiger partial charge is 0.497 e. The molecule has 3 nitrogen and oxygen atoms in total. The van der Waals surface area contributed by atoms with Crippen LogP contribution in [0.5, 0.6) is 5.75 Å². The Morgan fingerprint density at radius 3 is 2.62 bits per heavy atom. The van der Waals surface area contributed by atoms with Crippen molar-refractivity contribution in [2.45, 2.75) is 12.0 Å². The summed E-state index contributed by atoms with van der Waals surface area (Å²) in [6.45, 7) is -1.44. The van der Waals surface area contributed by atoms with Gasteiger partial charge in [0.25, 0.3) is 5.92 Å². The van der Waals surface area contributed by atoms with Crippen LogP contribution in [-0.4, -0.2) is 24.7 Å². The lowest BCUT2D eigenvalue weighted by molar-refractivity contribution is -0.0719. The fraction of sp³-hybridized carbons (Fsp3) is 0.400. The van der Waals surface area contributed by atoms with Crippen LogP contribution in [0.1, 0.15) is 11.6 Å². The van der Waals surface area contributed by atoms with Gasteiger partial charge in [0, 0.05) is 5.56 Å². The molecule has 90 valence electrons. The van der Waals surface area contributed by atoms with Gasteiger partial charge in [0.15, 0.2) is 0 Å². The fourth-order valence-electron chi connectivity index (χ4n) is 1.21. The maximum atomic E-state index is 13.3. The molecule has 0 saturated heterocycles. The first kappa shape index (κ1) is 12.8. The van der Waals surface area contributed by atoms with Gasteiger partial charge in [0.2, 0.25) is 0 Å². The zero-order chi connectivity index (χ0) is 12.3. The lowest BCUT2D eigenvalue weighted by Gasteiger charge is -2.22. The molecule has 0 amide bonds. The Morgan fingerprint density at radius 1 is 1.50 bits per heavy atom. The Morgan fingerprint density at radius 2 is 2.12 bits per heavy atom. The molecular formula is C10H12F3NO2.